The number of aliphatic hydroxyl groups is 1. The maximum atomic E-state index is 12.7. The van der Waals surface area contributed by atoms with Crippen molar-refractivity contribution in [1.82, 2.24) is 10.3 Å². The highest BCUT2D eigenvalue weighted by atomic mass is 32.1. The summed E-state index contributed by atoms with van der Waals surface area (Å²) in [5.41, 5.74) is 8.54. The molecule has 7 nitrogen and oxygen atoms in total. The summed E-state index contributed by atoms with van der Waals surface area (Å²) in [6.07, 6.45) is 3.95. The lowest BCUT2D eigenvalue weighted by atomic mass is 10.0. The molecule has 1 amide bonds. The van der Waals surface area contributed by atoms with E-state index in [1.807, 2.05) is 18.2 Å². The minimum absolute atomic E-state index is 0.0987. The summed E-state index contributed by atoms with van der Waals surface area (Å²) < 4.78 is 5.89. The molecule has 0 aliphatic carbocycles. The first-order chi connectivity index (χ1) is 14.0. The smallest absolute Gasteiger partial charge is 0.280 e. The van der Waals surface area contributed by atoms with E-state index in [1.54, 1.807) is 0 Å². The number of benzene rings is 1. The van der Waals surface area contributed by atoms with Crippen molar-refractivity contribution < 1.29 is 14.6 Å². The number of aromatic nitrogens is 1. The topological polar surface area (TPSA) is 121 Å². The Kier molecular flexibility index (Phi) is 6.66. The molecule has 1 aliphatic heterocycles. The summed E-state index contributed by atoms with van der Waals surface area (Å²) in [5.74, 6) is 0.763. The standard InChI is InChI=1S/C21H26N4O3S/c1-12(2)7-15(11-26)24-20(27)21-25-19-16-4-3-13(14(9-22)10-23)8-17(16)28-6-5-18(19)29-21/h3-4,8-10,12,15,22,26H,5-7,11,23H2,1-2H3,(H,24,27)/b14-10+,22-9?/t15-/m0/s1. The van der Waals surface area contributed by atoms with Crippen LogP contribution in [0.15, 0.2) is 24.4 Å². The van der Waals surface area contributed by atoms with Gasteiger partial charge in [0.15, 0.2) is 5.01 Å². The maximum absolute atomic E-state index is 12.7. The number of nitrogens with two attached hydrogens (primary N) is 1. The number of thiazole rings is 1. The molecule has 2 aromatic rings. The highest BCUT2D eigenvalue weighted by molar-refractivity contribution is 7.14. The van der Waals surface area contributed by atoms with E-state index in [0.717, 1.165) is 21.7 Å². The molecule has 0 saturated heterocycles. The average Bonchev–Trinajstić information content (AvgIpc) is 3.05. The van der Waals surface area contributed by atoms with Crippen LogP contribution in [0.5, 0.6) is 5.75 Å². The fraction of sp³-hybridized carbons (Fsp3) is 0.381. The van der Waals surface area contributed by atoms with Crippen LogP contribution in [0.4, 0.5) is 0 Å². The Labute approximate surface area is 174 Å². The summed E-state index contributed by atoms with van der Waals surface area (Å²) in [5, 5.41) is 20.3. The number of nitrogens with one attached hydrogen (secondary N) is 2. The van der Waals surface area contributed by atoms with Crippen molar-refractivity contribution in [2.24, 2.45) is 11.7 Å². The van der Waals surface area contributed by atoms with Crippen LogP contribution in [0.1, 0.15) is 40.5 Å². The van der Waals surface area contributed by atoms with Gasteiger partial charge in [-0.1, -0.05) is 19.9 Å². The lowest BCUT2D eigenvalue weighted by Gasteiger charge is -2.17. The Morgan fingerprint density at radius 3 is 2.93 bits per heavy atom. The highest BCUT2D eigenvalue weighted by Crippen LogP contribution is 2.38. The van der Waals surface area contributed by atoms with E-state index in [1.165, 1.54) is 23.8 Å². The quantitative estimate of drug-likeness (QED) is 0.519. The van der Waals surface area contributed by atoms with Crippen molar-refractivity contribution in [2.75, 3.05) is 13.2 Å². The third-order valence-corrected chi connectivity index (χ3v) is 5.81. The van der Waals surface area contributed by atoms with Gasteiger partial charge in [-0.05, 0) is 30.0 Å². The van der Waals surface area contributed by atoms with Gasteiger partial charge < -0.3 is 26.3 Å². The number of ether oxygens (including phenoxy) is 1. The average molecular weight is 415 g/mol. The molecule has 0 radical (unpaired) electrons. The molecule has 8 heteroatoms. The summed E-state index contributed by atoms with van der Waals surface area (Å²) in [7, 11) is 0. The van der Waals surface area contributed by atoms with Gasteiger partial charge >= 0.3 is 0 Å². The van der Waals surface area contributed by atoms with Crippen LogP contribution >= 0.6 is 11.3 Å². The number of carbonyl (C=O) groups is 1. The summed E-state index contributed by atoms with van der Waals surface area (Å²) in [4.78, 5) is 18.3. The van der Waals surface area contributed by atoms with Gasteiger partial charge in [-0.15, -0.1) is 11.3 Å². The minimum Gasteiger partial charge on any atom is -0.492 e. The van der Waals surface area contributed by atoms with Crippen LogP contribution in [0.3, 0.4) is 0 Å². The predicted molar refractivity (Wildman–Crippen MR) is 115 cm³/mol. The monoisotopic (exact) mass is 414 g/mol. The number of amides is 1. The Balaban J connectivity index is 1.90. The van der Waals surface area contributed by atoms with Crippen LogP contribution in [0.25, 0.3) is 16.8 Å². The summed E-state index contributed by atoms with van der Waals surface area (Å²) in [6, 6.07) is 5.31. The van der Waals surface area contributed by atoms with Gasteiger partial charge in [0.2, 0.25) is 0 Å². The maximum Gasteiger partial charge on any atom is 0.280 e. The number of carbonyl (C=O) groups excluding carboxylic acids is 1. The Bertz CT molecular complexity index is 936. The molecule has 0 spiro atoms. The fourth-order valence-electron chi connectivity index (χ4n) is 3.32. The van der Waals surface area contributed by atoms with Gasteiger partial charge in [-0.3, -0.25) is 4.79 Å². The number of fused-ring (bicyclic) bond motifs is 3. The number of nitrogens with zero attached hydrogens (tertiary/aromatic N) is 1. The van der Waals surface area contributed by atoms with Crippen LogP contribution < -0.4 is 15.8 Å². The van der Waals surface area contributed by atoms with E-state index >= 15 is 0 Å². The van der Waals surface area contributed by atoms with Gasteiger partial charge in [-0.25, -0.2) is 4.98 Å². The second-order valence-electron chi connectivity index (χ2n) is 7.35. The number of hydrogen-bond acceptors (Lipinski definition) is 7. The third kappa shape index (κ3) is 4.65. The normalized spacial score (nSPS) is 14.4. The van der Waals surface area contributed by atoms with Crippen LogP contribution in [0, 0.1) is 11.3 Å². The molecule has 0 saturated carbocycles. The molecule has 0 bridgehead atoms. The van der Waals surface area contributed by atoms with E-state index in [4.69, 9.17) is 15.9 Å². The van der Waals surface area contributed by atoms with Gasteiger partial charge in [0.1, 0.15) is 5.75 Å². The molecule has 0 fully saturated rings. The van der Waals surface area contributed by atoms with Gasteiger partial charge in [-0.2, -0.15) is 0 Å². The van der Waals surface area contributed by atoms with E-state index in [2.05, 4.69) is 24.1 Å². The van der Waals surface area contributed by atoms with Crippen molar-refractivity contribution in [3.05, 3.63) is 39.8 Å². The van der Waals surface area contributed by atoms with E-state index in [0.29, 0.717) is 41.7 Å². The zero-order valence-electron chi connectivity index (χ0n) is 16.6. The number of allylic oxidation sites excluding steroid dienone is 1. The molecule has 154 valence electrons. The first-order valence-electron chi connectivity index (χ1n) is 9.58. The minimum atomic E-state index is -0.285. The van der Waals surface area contributed by atoms with E-state index in [9.17, 15) is 9.90 Å². The fourth-order valence-corrected chi connectivity index (χ4v) is 4.28. The first kappa shape index (κ1) is 21.0. The number of aliphatic hydroxyl groups excluding tert-OH is 1. The Morgan fingerprint density at radius 1 is 1.48 bits per heavy atom. The molecular formula is C21H26N4O3S. The molecule has 29 heavy (non-hydrogen) atoms. The van der Waals surface area contributed by atoms with Gasteiger partial charge in [0.25, 0.3) is 5.91 Å². The van der Waals surface area contributed by atoms with Crippen LogP contribution in [-0.4, -0.2) is 41.5 Å². The number of hydrogen-bond donors (Lipinski definition) is 4. The molecule has 1 aromatic heterocycles. The van der Waals surface area contributed by atoms with Crippen molar-refractivity contribution >= 4 is 29.0 Å². The van der Waals surface area contributed by atoms with Crippen molar-refractivity contribution in [3.63, 3.8) is 0 Å². The van der Waals surface area contributed by atoms with Crippen LogP contribution in [0.2, 0.25) is 0 Å². The second kappa shape index (κ2) is 9.19. The summed E-state index contributed by atoms with van der Waals surface area (Å²) >= 11 is 1.36. The molecular weight excluding hydrogens is 388 g/mol. The highest BCUT2D eigenvalue weighted by Gasteiger charge is 2.24. The Morgan fingerprint density at radius 2 is 2.28 bits per heavy atom. The molecule has 3 rings (SSSR count). The van der Waals surface area contributed by atoms with E-state index in [-0.39, 0.29) is 18.6 Å². The molecule has 1 aliphatic rings. The SMILES string of the molecule is CC(C)C[C@@H](CO)NC(=O)c1nc2c(s1)CCOc1cc(/C(C=N)=C/N)ccc1-2. The molecule has 1 atom stereocenters. The van der Waals surface area contributed by atoms with Gasteiger partial charge in [0, 0.05) is 34.8 Å². The van der Waals surface area contributed by atoms with Crippen molar-refractivity contribution in [2.45, 2.75) is 32.7 Å². The first-order valence-corrected chi connectivity index (χ1v) is 10.4. The zero-order chi connectivity index (χ0) is 21.0. The van der Waals surface area contributed by atoms with Gasteiger partial charge in [0.05, 0.1) is 24.9 Å². The van der Waals surface area contributed by atoms with Crippen molar-refractivity contribution in [1.29, 1.82) is 5.41 Å². The molecule has 0 unspecified atom stereocenters. The molecule has 1 aromatic carbocycles. The number of rotatable bonds is 7. The predicted octanol–water partition coefficient (Wildman–Crippen LogP) is 2.83. The second-order valence-corrected chi connectivity index (χ2v) is 8.43. The zero-order valence-corrected chi connectivity index (χ0v) is 17.4. The largest absolute Gasteiger partial charge is 0.492 e. The lowest BCUT2D eigenvalue weighted by molar-refractivity contribution is 0.0908. The molecule has 5 N–H and O–H groups in total. The Hall–Kier alpha value is -2.71. The van der Waals surface area contributed by atoms with Crippen molar-refractivity contribution in [3.8, 4) is 17.0 Å². The third-order valence-electron chi connectivity index (χ3n) is 4.69. The summed E-state index contributed by atoms with van der Waals surface area (Å²) in [6.45, 7) is 4.48. The lowest BCUT2D eigenvalue weighted by Crippen LogP contribution is -2.38. The van der Waals surface area contributed by atoms with E-state index < -0.39 is 0 Å². The molecule has 2 heterocycles. The van der Waals surface area contributed by atoms with Crippen LogP contribution in [-0.2, 0) is 6.42 Å².